The van der Waals surface area contributed by atoms with E-state index in [1.165, 1.54) is 21.6 Å². The van der Waals surface area contributed by atoms with E-state index in [1.54, 1.807) is 24.3 Å². The van der Waals surface area contributed by atoms with Gasteiger partial charge in [0.15, 0.2) is 0 Å². The van der Waals surface area contributed by atoms with Crippen LogP contribution < -0.4 is 10.6 Å². The normalized spacial score (nSPS) is 13.6. The third-order valence-corrected chi connectivity index (χ3v) is 6.07. The SMILES string of the molecule is Cc1cccc2c1CN(Sc1ccc(NC(=O)NCc3ccncc3)cc1)CC2. The van der Waals surface area contributed by atoms with Gasteiger partial charge in [0, 0.05) is 42.6 Å². The van der Waals surface area contributed by atoms with Crippen LogP contribution in [0.4, 0.5) is 10.5 Å². The van der Waals surface area contributed by atoms with Gasteiger partial charge in [-0.25, -0.2) is 9.10 Å². The molecule has 2 N–H and O–H groups in total. The van der Waals surface area contributed by atoms with Crippen molar-refractivity contribution in [1.29, 1.82) is 0 Å². The average Bonchev–Trinajstić information content (AvgIpc) is 2.75. The number of nitrogens with zero attached hydrogens (tertiary/aromatic N) is 2. The number of aromatic nitrogens is 1. The molecular weight excluding hydrogens is 380 g/mol. The van der Waals surface area contributed by atoms with Crippen LogP contribution in [-0.2, 0) is 19.5 Å². The smallest absolute Gasteiger partial charge is 0.319 e. The predicted molar refractivity (Wildman–Crippen MR) is 118 cm³/mol. The van der Waals surface area contributed by atoms with Crippen LogP contribution in [0.1, 0.15) is 22.3 Å². The fraction of sp³-hybridized carbons (Fsp3) is 0.217. The van der Waals surface area contributed by atoms with E-state index in [1.807, 2.05) is 24.3 Å². The number of anilines is 1. The Kier molecular flexibility index (Phi) is 6.12. The zero-order chi connectivity index (χ0) is 20.1. The monoisotopic (exact) mass is 404 g/mol. The van der Waals surface area contributed by atoms with Crippen molar-refractivity contribution in [2.75, 3.05) is 11.9 Å². The molecule has 148 valence electrons. The Morgan fingerprint density at radius 3 is 2.69 bits per heavy atom. The number of hydrogen-bond acceptors (Lipinski definition) is 4. The summed E-state index contributed by atoms with van der Waals surface area (Å²) in [6, 6.07) is 18.1. The van der Waals surface area contributed by atoms with Crippen LogP contribution in [0, 0.1) is 6.92 Å². The van der Waals surface area contributed by atoms with E-state index in [0.29, 0.717) is 6.54 Å². The fourth-order valence-electron chi connectivity index (χ4n) is 3.41. The Balaban J connectivity index is 1.29. The van der Waals surface area contributed by atoms with Crippen molar-refractivity contribution >= 4 is 23.7 Å². The van der Waals surface area contributed by atoms with E-state index in [-0.39, 0.29) is 6.03 Å². The number of pyridine rings is 1. The van der Waals surface area contributed by atoms with Gasteiger partial charge in [-0.05, 0) is 83.9 Å². The molecule has 0 atom stereocenters. The summed E-state index contributed by atoms with van der Waals surface area (Å²) >= 11 is 1.77. The highest BCUT2D eigenvalue weighted by Gasteiger charge is 2.18. The predicted octanol–water partition coefficient (Wildman–Crippen LogP) is 4.78. The van der Waals surface area contributed by atoms with Crippen molar-refractivity contribution in [3.8, 4) is 0 Å². The van der Waals surface area contributed by atoms with Crippen LogP contribution in [0.5, 0.6) is 0 Å². The van der Waals surface area contributed by atoms with Crippen LogP contribution in [0.3, 0.4) is 0 Å². The van der Waals surface area contributed by atoms with Gasteiger partial charge in [0.05, 0.1) is 0 Å². The highest BCUT2D eigenvalue weighted by Crippen LogP contribution is 2.31. The third kappa shape index (κ3) is 5.16. The van der Waals surface area contributed by atoms with E-state index in [0.717, 1.165) is 30.8 Å². The molecule has 29 heavy (non-hydrogen) atoms. The number of carbonyl (C=O) groups excluding carboxylic acids is 1. The molecule has 0 saturated carbocycles. The van der Waals surface area contributed by atoms with Gasteiger partial charge in [-0.1, -0.05) is 18.2 Å². The second-order valence-electron chi connectivity index (χ2n) is 7.10. The second-order valence-corrected chi connectivity index (χ2v) is 8.28. The molecule has 0 fully saturated rings. The molecule has 4 rings (SSSR count). The Labute approximate surface area is 175 Å². The van der Waals surface area contributed by atoms with Gasteiger partial charge in [0.2, 0.25) is 0 Å². The fourth-order valence-corrected chi connectivity index (χ4v) is 4.34. The second kappa shape index (κ2) is 9.11. The zero-order valence-electron chi connectivity index (χ0n) is 16.4. The van der Waals surface area contributed by atoms with Crippen LogP contribution >= 0.6 is 11.9 Å². The Morgan fingerprint density at radius 1 is 1.10 bits per heavy atom. The highest BCUT2D eigenvalue weighted by molar-refractivity contribution is 7.97. The Morgan fingerprint density at radius 2 is 1.90 bits per heavy atom. The number of hydrogen-bond donors (Lipinski definition) is 2. The number of urea groups is 1. The summed E-state index contributed by atoms with van der Waals surface area (Å²) in [6.45, 7) is 4.66. The van der Waals surface area contributed by atoms with E-state index in [4.69, 9.17) is 0 Å². The van der Waals surface area contributed by atoms with Crippen molar-refractivity contribution in [3.63, 3.8) is 0 Å². The minimum absolute atomic E-state index is 0.217. The first kappa shape index (κ1) is 19.5. The summed E-state index contributed by atoms with van der Waals surface area (Å²) in [6.07, 6.45) is 4.52. The molecule has 1 aliphatic heterocycles. The Bertz CT molecular complexity index is 976. The molecule has 0 aliphatic carbocycles. The summed E-state index contributed by atoms with van der Waals surface area (Å²) in [5.74, 6) is 0. The first-order chi connectivity index (χ1) is 14.2. The van der Waals surface area contributed by atoms with Gasteiger partial charge in [-0.3, -0.25) is 4.98 Å². The first-order valence-corrected chi connectivity index (χ1v) is 10.5. The van der Waals surface area contributed by atoms with Gasteiger partial charge in [0.25, 0.3) is 0 Å². The largest absolute Gasteiger partial charge is 0.334 e. The number of amides is 2. The number of rotatable bonds is 5. The number of benzene rings is 2. The minimum atomic E-state index is -0.217. The molecule has 2 heterocycles. The lowest BCUT2D eigenvalue weighted by atomic mass is 9.97. The summed E-state index contributed by atoms with van der Waals surface area (Å²) in [5, 5.41) is 5.73. The molecule has 1 aromatic heterocycles. The van der Waals surface area contributed by atoms with Crippen molar-refractivity contribution in [1.82, 2.24) is 14.6 Å². The quantitative estimate of drug-likeness (QED) is 0.601. The van der Waals surface area contributed by atoms with E-state index >= 15 is 0 Å². The van der Waals surface area contributed by atoms with Crippen LogP contribution in [-0.4, -0.2) is 21.9 Å². The number of carbonyl (C=O) groups is 1. The summed E-state index contributed by atoms with van der Waals surface area (Å²) < 4.78 is 2.40. The molecule has 5 nitrogen and oxygen atoms in total. The third-order valence-electron chi connectivity index (χ3n) is 5.02. The van der Waals surface area contributed by atoms with Crippen molar-refractivity contribution in [3.05, 3.63) is 89.2 Å². The van der Waals surface area contributed by atoms with Crippen LogP contribution in [0.25, 0.3) is 0 Å². The maximum atomic E-state index is 12.1. The zero-order valence-corrected chi connectivity index (χ0v) is 17.2. The van der Waals surface area contributed by atoms with Crippen molar-refractivity contribution in [2.24, 2.45) is 0 Å². The molecule has 0 radical (unpaired) electrons. The van der Waals surface area contributed by atoms with Gasteiger partial charge < -0.3 is 10.6 Å². The van der Waals surface area contributed by atoms with Gasteiger partial charge in [-0.15, -0.1) is 0 Å². The topological polar surface area (TPSA) is 57.3 Å². The van der Waals surface area contributed by atoms with Crippen LogP contribution in [0.15, 0.2) is 71.9 Å². The lowest BCUT2D eigenvalue weighted by molar-refractivity contribution is 0.251. The first-order valence-electron chi connectivity index (χ1n) is 9.71. The number of fused-ring (bicyclic) bond motifs is 1. The molecule has 1 aliphatic rings. The van der Waals surface area contributed by atoms with E-state index in [2.05, 4.69) is 57.2 Å². The summed E-state index contributed by atoms with van der Waals surface area (Å²) in [5.41, 5.74) is 6.08. The Hall–Kier alpha value is -2.83. The molecule has 0 saturated heterocycles. The van der Waals surface area contributed by atoms with Gasteiger partial charge in [0.1, 0.15) is 0 Å². The maximum Gasteiger partial charge on any atom is 0.319 e. The van der Waals surface area contributed by atoms with E-state index in [9.17, 15) is 4.79 Å². The molecular formula is C23H24N4OS. The lowest BCUT2D eigenvalue weighted by Crippen LogP contribution is -2.28. The van der Waals surface area contributed by atoms with Gasteiger partial charge >= 0.3 is 6.03 Å². The standard InChI is InChI=1S/C23H24N4OS/c1-17-3-2-4-19-11-14-27(16-22(17)19)29-21-7-5-20(6-8-21)26-23(28)25-15-18-9-12-24-13-10-18/h2-10,12-13H,11,14-16H2,1H3,(H2,25,26,28). The number of aryl methyl sites for hydroxylation is 1. The molecule has 3 aromatic rings. The van der Waals surface area contributed by atoms with E-state index < -0.39 is 0 Å². The van der Waals surface area contributed by atoms with Crippen molar-refractivity contribution in [2.45, 2.75) is 31.3 Å². The maximum absolute atomic E-state index is 12.1. The average molecular weight is 405 g/mol. The molecule has 2 aromatic carbocycles. The number of nitrogens with one attached hydrogen (secondary N) is 2. The molecule has 0 bridgehead atoms. The summed E-state index contributed by atoms with van der Waals surface area (Å²) in [4.78, 5) is 17.2. The summed E-state index contributed by atoms with van der Waals surface area (Å²) in [7, 11) is 0. The molecule has 0 unspecified atom stereocenters. The lowest BCUT2D eigenvalue weighted by Gasteiger charge is -2.28. The highest BCUT2D eigenvalue weighted by atomic mass is 32.2. The van der Waals surface area contributed by atoms with Gasteiger partial charge in [-0.2, -0.15) is 0 Å². The molecule has 2 amide bonds. The van der Waals surface area contributed by atoms with Crippen molar-refractivity contribution < 1.29 is 4.79 Å². The molecule has 6 heteroatoms. The van der Waals surface area contributed by atoms with Crippen LogP contribution in [0.2, 0.25) is 0 Å². The molecule has 0 spiro atoms. The minimum Gasteiger partial charge on any atom is -0.334 e.